The zero-order chi connectivity index (χ0) is 11.4. The van der Waals surface area contributed by atoms with E-state index in [0.717, 1.165) is 4.90 Å². The number of nitrogens with zero attached hydrogens (tertiary/aromatic N) is 2. The lowest BCUT2D eigenvalue weighted by Crippen LogP contribution is -2.51. The van der Waals surface area contributed by atoms with Gasteiger partial charge in [-0.2, -0.15) is 18.4 Å². The molecule has 0 aromatic heterocycles. The predicted molar refractivity (Wildman–Crippen MR) is 46.4 cm³/mol. The normalized spacial score (nSPS) is 16.4. The molecule has 0 saturated carbocycles. The maximum absolute atomic E-state index is 12.4. The fourth-order valence-corrected chi connectivity index (χ4v) is 1.11. The van der Waals surface area contributed by atoms with Crippen molar-refractivity contribution in [2.75, 3.05) is 13.6 Å². The highest BCUT2D eigenvalue weighted by Crippen LogP contribution is 2.24. The predicted octanol–water partition coefficient (Wildman–Crippen LogP) is 1.11. The van der Waals surface area contributed by atoms with Gasteiger partial charge < -0.3 is 5.73 Å². The zero-order valence-corrected chi connectivity index (χ0v) is 8.17. The summed E-state index contributed by atoms with van der Waals surface area (Å²) in [5, 5.41) is 8.35. The van der Waals surface area contributed by atoms with E-state index in [4.69, 9.17) is 11.0 Å². The van der Waals surface area contributed by atoms with Crippen LogP contribution < -0.4 is 5.73 Å². The fraction of sp³-hybridized carbons (Fsp3) is 0.875. The molecule has 0 spiro atoms. The van der Waals surface area contributed by atoms with Crippen LogP contribution >= 0.6 is 0 Å². The van der Waals surface area contributed by atoms with Crippen molar-refractivity contribution in [3.05, 3.63) is 0 Å². The second kappa shape index (κ2) is 5.17. The molecule has 0 aliphatic heterocycles. The van der Waals surface area contributed by atoms with E-state index in [0.29, 0.717) is 0 Å². The van der Waals surface area contributed by atoms with E-state index in [1.165, 1.54) is 7.05 Å². The van der Waals surface area contributed by atoms with Gasteiger partial charge in [0.2, 0.25) is 0 Å². The van der Waals surface area contributed by atoms with Gasteiger partial charge in [0.15, 0.2) is 0 Å². The number of rotatable bonds is 4. The number of alkyl halides is 3. The quantitative estimate of drug-likeness (QED) is 0.754. The van der Waals surface area contributed by atoms with Crippen molar-refractivity contribution in [1.29, 1.82) is 5.26 Å². The van der Waals surface area contributed by atoms with Crippen LogP contribution in [0.5, 0.6) is 0 Å². The largest absolute Gasteiger partial charge is 0.405 e. The molecule has 0 aliphatic carbocycles. The van der Waals surface area contributed by atoms with Crippen LogP contribution in [0.4, 0.5) is 13.2 Å². The first-order chi connectivity index (χ1) is 6.34. The van der Waals surface area contributed by atoms with Gasteiger partial charge in [-0.25, -0.2) is 0 Å². The average molecular weight is 209 g/mol. The summed E-state index contributed by atoms with van der Waals surface area (Å²) in [6, 6.07) is -0.295. The summed E-state index contributed by atoms with van der Waals surface area (Å²) in [6.45, 7) is 1.08. The highest BCUT2D eigenvalue weighted by molar-refractivity contribution is 4.85. The van der Waals surface area contributed by atoms with Gasteiger partial charge in [-0.1, -0.05) is 0 Å². The molecule has 0 bridgehead atoms. The third-order valence-corrected chi connectivity index (χ3v) is 2.17. The van der Waals surface area contributed by atoms with Crippen LogP contribution in [0.3, 0.4) is 0 Å². The monoisotopic (exact) mass is 209 g/mol. The molecular formula is C8H14F3N3. The maximum atomic E-state index is 12.4. The van der Waals surface area contributed by atoms with Crippen molar-refractivity contribution in [2.45, 2.75) is 31.6 Å². The van der Waals surface area contributed by atoms with Gasteiger partial charge in [-0.15, -0.1) is 0 Å². The average Bonchev–Trinajstić information content (AvgIpc) is 2.03. The van der Waals surface area contributed by atoms with E-state index in [2.05, 4.69) is 0 Å². The van der Waals surface area contributed by atoms with Gasteiger partial charge in [0.25, 0.3) is 0 Å². The van der Waals surface area contributed by atoms with Crippen molar-refractivity contribution in [2.24, 2.45) is 5.73 Å². The first-order valence-electron chi connectivity index (χ1n) is 4.20. The van der Waals surface area contributed by atoms with Gasteiger partial charge in [-0.05, 0) is 14.0 Å². The molecule has 2 unspecified atom stereocenters. The lowest BCUT2D eigenvalue weighted by atomic mass is 10.1. The van der Waals surface area contributed by atoms with Crippen LogP contribution in [0.15, 0.2) is 0 Å². The second-order valence-corrected chi connectivity index (χ2v) is 3.17. The molecule has 3 nitrogen and oxygen atoms in total. The molecule has 82 valence electrons. The van der Waals surface area contributed by atoms with E-state index < -0.39 is 24.8 Å². The van der Waals surface area contributed by atoms with E-state index in [-0.39, 0.29) is 6.42 Å². The van der Waals surface area contributed by atoms with Crippen LogP contribution in [0, 0.1) is 11.3 Å². The number of nitriles is 1. The smallest absolute Gasteiger partial charge is 0.329 e. The minimum absolute atomic E-state index is 0.0586. The Bertz CT molecular complexity index is 209. The van der Waals surface area contributed by atoms with Gasteiger partial charge in [0, 0.05) is 12.6 Å². The summed E-state index contributed by atoms with van der Waals surface area (Å²) >= 11 is 0. The van der Waals surface area contributed by atoms with Crippen LogP contribution in [0.2, 0.25) is 0 Å². The first-order valence-corrected chi connectivity index (χ1v) is 4.20. The fourth-order valence-electron chi connectivity index (χ4n) is 1.11. The molecule has 14 heavy (non-hydrogen) atoms. The van der Waals surface area contributed by atoms with Crippen molar-refractivity contribution in [1.82, 2.24) is 4.90 Å². The van der Waals surface area contributed by atoms with E-state index in [1.807, 2.05) is 6.07 Å². The summed E-state index contributed by atoms with van der Waals surface area (Å²) in [6.07, 6.45) is -4.28. The third-order valence-electron chi connectivity index (χ3n) is 2.17. The topological polar surface area (TPSA) is 53.0 Å². The molecule has 0 aromatic carbocycles. The van der Waals surface area contributed by atoms with Gasteiger partial charge >= 0.3 is 6.18 Å². The number of hydrogen-bond donors (Lipinski definition) is 1. The van der Waals surface area contributed by atoms with Crippen LogP contribution in [0.1, 0.15) is 13.3 Å². The Kier molecular flexibility index (Phi) is 4.88. The SMILES string of the molecule is CC(CC#N)N(C)C(CN)C(F)(F)F. The molecule has 0 fully saturated rings. The lowest BCUT2D eigenvalue weighted by Gasteiger charge is -2.32. The lowest BCUT2D eigenvalue weighted by molar-refractivity contribution is -0.181. The van der Waals surface area contributed by atoms with Crippen LogP contribution in [-0.2, 0) is 0 Å². The van der Waals surface area contributed by atoms with E-state index in [9.17, 15) is 13.2 Å². The van der Waals surface area contributed by atoms with Crippen molar-refractivity contribution < 1.29 is 13.2 Å². The summed E-state index contributed by atoms with van der Waals surface area (Å²) in [7, 11) is 1.33. The molecule has 6 heteroatoms. The molecule has 0 saturated heterocycles. The number of nitrogens with two attached hydrogens (primary N) is 1. The molecule has 2 N–H and O–H groups in total. The number of likely N-dealkylation sites (N-methyl/N-ethyl adjacent to an activating group) is 1. The third kappa shape index (κ3) is 3.52. The molecule has 2 atom stereocenters. The molecule has 0 heterocycles. The molecule has 0 amide bonds. The molecule has 0 aliphatic rings. The highest BCUT2D eigenvalue weighted by atomic mass is 19.4. The van der Waals surface area contributed by atoms with Crippen molar-refractivity contribution in [3.63, 3.8) is 0 Å². The number of hydrogen-bond acceptors (Lipinski definition) is 3. The Hall–Kier alpha value is -0.800. The standard InChI is InChI=1S/C8H14F3N3/c1-6(3-4-12)14(2)7(5-13)8(9,10)11/h6-7H,3,5,13H2,1-2H3. The van der Waals surface area contributed by atoms with Crippen LogP contribution in [-0.4, -0.2) is 36.8 Å². The van der Waals surface area contributed by atoms with Gasteiger partial charge in [0.05, 0.1) is 12.5 Å². The summed E-state index contributed by atoms with van der Waals surface area (Å²) < 4.78 is 37.1. The van der Waals surface area contributed by atoms with Gasteiger partial charge in [-0.3, -0.25) is 4.90 Å². The van der Waals surface area contributed by atoms with E-state index >= 15 is 0 Å². The molecule has 0 aromatic rings. The first kappa shape index (κ1) is 13.2. The van der Waals surface area contributed by atoms with Crippen molar-refractivity contribution >= 4 is 0 Å². The minimum Gasteiger partial charge on any atom is -0.329 e. The Morgan fingerprint density at radius 2 is 2.00 bits per heavy atom. The summed E-state index contributed by atoms with van der Waals surface area (Å²) in [4.78, 5) is 1.09. The Morgan fingerprint density at radius 1 is 1.50 bits per heavy atom. The zero-order valence-electron chi connectivity index (χ0n) is 8.17. The summed E-state index contributed by atoms with van der Waals surface area (Å²) in [5.41, 5.74) is 5.05. The van der Waals surface area contributed by atoms with Gasteiger partial charge in [0.1, 0.15) is 6.04 Å². The Labute approximate surface area is 81.3 Å². The number of halogens is 3. The second-order valence-electron chi connectivity index (χ2n) is 3.17. The Morgan fingerprint density at radius 3 is 2.29 bits per heavy atom. The highest BCUT2D eigenvalue weighted by Gasteiger charge is 2.42. The van der Waals surface area contributed by atoms with Crippen LogP contribution in [0.25, 0.3) is 0 Å². The van der Waals surface area contributed by atoms with E-state index in [1.54, 1.807) is 6.92 Å². The van der Waals surface area contributed by atoms with Crippen molar-refractivity contribution in [3.8, 4) is 6.07 Å². The molecule has 0 radical (unpaired) electrons. The summed E-state index contributed by atoms with van der Waals surface area (Å²) in [5.74, 6) is 0. The minimum atomic E-state index is -4.34. The maximum Gasteiger partial charge on any atom is 0.405 e. The molecular weight excluding hydrogens is 195 g/mol. The Balaban J connectivity index is 4.47. The molecule has 0 rings (SSSR count).